The molecule has 1 atom stereocenters. The molecule has 2 heterocycles. The third-order valence-corrected chi connectivity index (χ3v) is 5.17. The van der Waals surface area contributed by atoms with Crippen molar-refractivity contribution >= 4 is 11.5 Å². The lowest BCUT2D eigenvalue weighted by molar-refractivity contribution is 0.327. The maximum atomic E-state index is 5.70. The molecular formula is C14H22N6S. The molecule has 3 N–H and O–H groups in total. The van der Waals surface area contributed by atoms with E-state index in [-0.39, 0.29) is 6.04 Å². The third-order valence-electron chi connectivity index (χ3n) is 4.23. The molecule has 0 bridgehead atoms. The van der Waals surface area contributed by atoms with Crippen LogP contribution in [-0.4, -0.2) is 19.4 Å². The summed E-state index contributed by atoms with van der Waals surface area (Å²) < 4.78 is 6.12. The van der Waals surface area contributed by atoms with Crippen LogP contribution < -0.4 is 11.3 Å². The van der Waals surface area contributed by atoms with E-state index in [0.29, 0.717) is 6.04 Å². The molecule has 1 fully saturated rings. The van der Waals surface area contributed by atoms with E-state index >= 15 is 0 Å². The first-order chi connectivity index (χ1) is 10.3. The minimum atomic E-state index is 0.0275. The molecule has 0 aromatic carbocycles. The lowest BCUT2D eigenvalue weighted by atomic mass is 9.96. The molecule has 21 heavy (non-hydrogen) atoms. The summed E-state index contributed by atoms with van der Waals surface area (Å²) in [5, 5.41) is 8.80. The van der Waals surface area contributed by atoms with Gasteiger partial charge in [0.2, 0.25) is 0 Å². The highest BCUT2D eigenvalue weighted by Crippen LogP contribution is 2.28. The second kappa shape index (κ2) is 6.64. The van der Waals surface area contributed by atoms with Crippen LogP contribution in [0, 0.1) is 6.92 Å². The summed E-state index contributed by atoms with van der Waals surface area (Å²) in [7, 11) is 0. The number of rotatable bonds is 5. The number of hydrogen-bond acceptors (Lipinski definition) is 6. The van der Waals surface area contributed by atoms with Gasteiger partial charge in [-0.15, -0.1) is 5.10 Å². The largest absolute Gasteiger partial charge is 0.271 e. The van der Waals surface area contributed by atoms with Gasteiger partial charge in [-0.2, -0.15) is 5.10 Å². The van der Waals surface area contributed by atoms with Crippen molar-refractivity contribution in [1.82, 2.24) is 24.8 Å². The number of aromatic nitrogens is 4. The fourth-order valence-electron chi connectivity index (χ4n) is 3.03. The standard InChI is InChI=1S/C14H22N6S/c1-10-14(21-19-17-10)13(16-15)9-11-7-8-20(18-11)12-5-3-2-4-6-12/h7-8,12-13,16H,2-6,9,15H2,1H3. The normalized spacial score (nSPS) is 18.0. The topological polar surface area (TPSA) is 81.7 Å². The Labute approximate surface area is 128 Å². The molecule has 2 aromatic heterocycles. The Hall–Kier alpha value is -1.31. The second-order valence-electron chi connectivity index (χ2n) is 5.72. The average molecular weight is 306 g/mol. The van der Waals surface area contributed by atoms with Gasteiger partial charge in [0.1, 0.15) is 0 Å². The number of nitrogens with one attached hydrogen (secondary N) is 1. The average Bonchev–Trinajstić information content (AvgIpc) is 3.15. The highest BCUT2D eigenvalue weighted by Gasteiger charge is 2.20. The summed E-state index contributed by atoms with van der Waals surface area (Å²) in [6, 6.07) is 2.70. The number of nitrogens with zero attached hydrogens (tertiary/aromatic N) is 4. The fraction of sp³-hybridized carbons (Fsp3) is 0.643. The first-order valence-electron chi connectivity index (χ1n) is 7.57. The summed E-state index contributed by atoms with van der Waals surface area (Å²) in [6.45, 7) is 1.96. The number of aryl methyl sites for hydroxylation is 1. The van der Waals surface area contributed by atoms with E-state index < -0.39 is 0 Å². The van der Waals surface area contributed by atoms with Crippen molar-refractivity contribution in [2.75, 3.05) is 0 Å². The van der Waals surface area contributed by atoms with Crippen molar-refractivity contribution in [1.29, 1.82) is 0 Å². The van der Waals surface area contributed by atoms with Crippen LogP contribution in [0.3, 0.4) is 0 Å². The zero-order valence-electron chi connectivity index (χ0n) is 12.3. The Balaban J connectivity index is 1.69. The molecule has 1 saturated carbocycles. The van der Waals surface area contributed by atoms with Crippen LogP contribution in [0.1, 0.15) is 60.5 Å². The SMILES string of the molecule is Cc1nnsc1C(Cc1ccn(C2CCCCC2)n1)NN. The highest BCUT2D eigenvalue weighted by atomic mass is 32.1. The van der Waals surface area contributed by atoms with Crippen LogP contribution in [0.25, 0.3) is 0 Å². The lowest BCUT2D eigenvalue weighted by Gasteiger charge is -2.21. The summed E-state index contributed by atoms with van der Waals surface area (Å²) in [4.78, 5) is 1.09. The van der Waals surface area contributed by atoms with Crippen molar-refractivity contribution in [3.63, 3.8) is 0 Å². The molecule has 1 aliphatic rings. The number of hydrogen-bond donors (Lipinski definition) is 2. The van der Waals surface area contributed by atoms with Gasteiger partial charge in [0.25, 0.3) is 0 Å². The van der Waals surface area contributed by atoms with Crippen LogP contribution in [-0.2, 0) is 6.42 Å². The van der Waals surface area contributed by atoms with Gasteiger partial charge in [-0.1, -0.05) is 23.8 Å². The lowest BCUT2D eigenvalue weighted by Crippen LogP contribution is -2.29. The monoisotopic (exact) mass is 306 g/mol. The maximum absolute atomic E-state index is 5.70. The number of hydrazine groups is 1. The van der Waals surface area contributed by atoms with Crippen molar-refractivity contribution in [3.8, 4) is 0 Å². The van der Waals surface area contributed by atoms with E-state index in [4.69, 9.17) is 10.9 Å². The minimum absolute atomic E-state index is 0.0275. The van der Waals surface area contributed by atoms with Crippen LogP contribution in [0.4, 0.5) is 0 Å². The molecule has 114 valence electrons. The molecule has 7 heteroatoms. The van der Waals surface area contributed by atoms with Crippen molar-refractivity contribution in [3.05, 3.63) is 28.5 Å². The molecule has 2 aromatic rings. The van der Waals surface area contributed by atoms with Gasteiger partial charge in [0.05, 0.1) is 28.3 Å². The van der Waals surface area contributed by atoms with E-state index in [0.717, 1.165) is 22.7 Å². The van der Waals surface area contributed by atoms with Gasteiger partial charge in [0, 0.05) is 12.6 Å². The highest BCUT2D eigenvalue weighted by molar-refractivity contribution is 7.05. The Bertz CT molecular complexity index is 572. The zero-order chi connectivity index (χ0) is 14.7. The molecule has 0 radical (unpaired) electrons. The molecular weight excluding hydrogens is 284 g/mol. The van der Waals surface area contributed by atoms with E-state index in [9.17, 15) is 0 Å². The fourth-order valence-corrected chi connectivity index (χ4v) is 3.73. The maximum Gasteiger partial charge on any atom is 0.0773 e. The van der Waals surface area contributed by atoms with E-state index in [1.165, 1.54) is 43.6 Å². The quantitative estimate of drug-likeness (QED) is 0.654. The Morgan fingerprint density at radius 1 is 1.43 bits per heavy atom. The van der Waals surface area contributed by atoms with Gasteiger partial charge in [-0.3, -0.25) is 16.0 Å². The Kier molecular flexibility index (Phi) is 4.62. The summed E-state index contributed by atoms with van der Waals surface area (Å²) >= 11 is 1.40. The summed E-state index contributed by atoms with van der Waals surface area (Å²) in [5.41, 5.74) is 4.87. The molecule has 6 nitrogen and oxygen atoms in total. The molecule has 0 saturated heterocycles. The Morgan fingerprint density at radius 2 is 2.24 bits per heavy atom. The van der Waals surface area contributed by atoms with Crippen molar-refractivity contribution in [2.24, 2.45) is 5.84 Å². The summed E-state index contributed by atoms with van der Waals surface area (Å²) in [5.74, 6) is 5.70. The van der Waals surface area contributed by atoms with Gasteiger partial charge in [-0.25, -0.2) is 0 Å². The predicted octanol–water partition coefficient (Wildman–Crippen LogP) is 2.30. The van der Waals surface area contributed by atoms with Gasteiger partial charge in [0.15, 0.2) is 0 Å². The predicted molar refractivity (Wildman–Crippen MR) is 82.8 cm³/mol. The zero-order valence-corrected chi connectivity index (χ0v) is 13.1. The first kappa shape index (κ1) is 14.6. The van der Waals surface area contributed by atoms with Gasteiger partial charge < -0.3 is 0 Å². The minimum Gasteiger partial charge on any atom is -0.271 e. The van der Waals surface area contributed by atoms with Crippen LogP contribution in [0.5, 0.6) is 0 Å². The third kappa shape index (κ3) is 3.30. The van der Waals surface area contributed by atoms with Gasteiger partial charge >= 0.3 is 0 Å². The van der Waals surface area contributed by atoms with Crippen molar-refractivity contribution < 1.29 is 0 Å². The Morgan fingerprint density at radius 3 is 2.90 bits per heavy atom. The smallest absolute Gasteiger partial charge is 0.0773 e. The first-order valence-corrected chi connectivity index (χ1v) is 8.34. The van der Waals surface area contributed by atoms with E-state index in [1.807, 2.05) is 6.92 Å². The molecule has 0 aliphatic heterocycles. The molecule has 0 spiro atoms. The van der Waals surface area contributed by atoms with E-state index in [2.05, 4.69) is 32.0 Å². The van der Waals surface area contributed by atoms with E-state index in [1.54, 1.807) is 0 Å². The number of nitrogens with two attached hydrogens (primary N) is 1. The molecule has 1 unspecified atom stereocenters. The second-order valence-corrected chi connectivity index (χ2v) is 6.51. The summed E-state index contributed by atoms with van der Waals surface area (Å²) in [6.07, 6.45) is 9.37. The van der Waals surface area contributed by atoms with Crippen molar-refractivity contribution in [2.45, 2.75) is 57.5 Å². The molecule has 3 rings (SSSR count). The van der Waals surface area contributed by atoms with Crippen LogP contribution >= 0.6 is 11.5 Å². The van der Waals surface area contributed by atoms with Crippen LogP contribution in [0.15, 0.2) is 12.3 Å². The molecule has 0 amide bonds. The van der Waals surface area contributed by atoms with Gasteiger partial charge in [-0.05, 0) is 37.4 Å². The molecule has 1 aliphatic carbocycles. The van der Waals surface area contributed by atoms with Crippen LogP contribution in [0.2, 0.25) is 0 Å².